The molecule has 0 unspecified atom stereocenters. The number of amides is 1. The van der Waals surface area contributed by atoms with Gasteiger partial charge in [0.25, 0.3) is 5.91 Å². The SMILES string of the molecule is CC(C)NS(=O)(=O)Cc1ccccc1CNC(=O)c1ccc(C(C)C)cc1. The number of benzene rings is 2. The van der Waals surface area contributed by atoms with Crippen LogP contribution >= 0.6 is 0 Å². The molecule has 0 aliphatic carbocycles. The van der Waals surface area contributed by atoms with Crippen molar-refractivity contribution in [2.75, 3.05) is 0 Å². The maximum Gasteiger partial charge on any atom is 0.251 e. The van der Waals surface area contributed by atoms with Crippen LogP contribution in [0.25, 0.3) is 0 Å². The maximum atomic E-state index is 12.4. The van der Waals surface area contributed by atoms with Crippen molar-refractivity contribution in [3.05, 3.63) is 70.8 Å². The summed E-state index contributed by atoms with van der Waals surface area (Å²) >= 11 is 0. The third-order valence-corrected chi connectivity index (χ3v) is 5.68. The molecule has 0 saturated carbocycles. The highest BCUT2D eigenvalue weighted by molar-refractivity contribution is 7.88. The second kappa shape index (κ2) is 9.15. The fraction of sp³-hybridized carbons (Fsp3) is 0.381. The van der Waals surface area contributed by atoms with E-state index in [2.05, 4.69) is 23.9 Å². The molecule has 0 fully saturated rings. The Kier molecular flexibility index (Phi) is 7.16. The Bertz CT molecular complexity index is 873. The lowest BCUT2D eigenvalue weighted by Crippen LogP contribution is -2.31. The lowest BCUT2D eigenvalue weighted by atomic mass is 10.0. The van der Waals surface area contributed by atoms with Crippen LogP contribution in [0.5, 0.6) is 0 Å². The number of nitrogens with one attached hydrogen (secondary N) is 2. The molecule has 1 amide bonds. The van der Waals surface area contributed by atoms with Crippen LogP contribution in [0.1, 0.15) is 60.7 Å². The first-order valence-electron chi connectivity index (χ1n) is 9.13. The second-order valence-corrected chi connectivity index (χ2v) is 9.01. The van der Waals surface area contributed by atoms with E-state index in [1.807, 2.05) is 36.4 Å². The van der Waals surface area contributed by atoms with Crippen molar-refractivity contribution in [2.45, 2.75) is 52.0 Å². The molecule has 0 heterocycles. The smallest absolute Gasteiger partial charge is 0.251 e. The van der Waals surface area contributed by atoms with E-state index in [0.29, 0.717) is 17.0 Å². The van der Waals surface area contributed by atoms with E-state index in [1.165, 1.54) is 5.56 Å². The number of sulfonamides is 1. The first-order chi connectivity index (χ1) is 12.7. The molecule has 0 aliphatic rings. The molecule has 0 bridgehead atoms. The van der Waals surface area contributed by atoms with Crippen LogP contribution in [0.4, 0.5) is 0 Å². The molecule has 0 aliphatic heterocycles. The molecular weight excluding hydrogens is 360 g/mol. The summed E-state index contributed by atoms with van der Waals surface area (Å²) in [6.45, 7) is 8.06. The van der Waals surface area contributed by atoms with Crippen molar-refractivity contribution in [2.24, 2.45) is 0 Å². The van der Waals surface area contributed by atoms with E-state index in [1.54, 1.807) is 26.0 Å². The highest BCUT2D eigenvalue weighted by Gasteiger charge is 2.16. The Labute approximate surface area is 162 Å². The molecule has 2 rings (SSSR count). The van der Waals surface area contributed by atoms with Crippen LogP contribution in [0.15, 0.2) is 48.5 Å². The van der Waals surface area contributed by atoms with Gasteiger partial charge < -0.3 is 5.32 Å². The standard InChI is InChI=1S/C21H28N2O3S/c1-15(2)17-9-11-18(12-10-17)21(24)22-13-19-7-5-6-8-20(19)14-27(25,26)23-16(3)4/h5-12,15-16,23H,13-14H2,1-4H3,(H,22,24). The molecule has 2 aromatic carbocycles. The average Bonchev–Trinajstić information content (AvgIpc) is 2.59. The maximum absolute atomic E-state index is 12.4. The molecule has 0 atom stereocenters. The van der Waals surface area contributed by atoms with Gasteiger partial charge in [-0.3, -0.25) is 4.79 Å². The van der Waals surface area contributed by atoms with Gasteiger partial charge in [0, 0.05) is 18.2 Å². The Morgan fingerprint density at radius 1 is 0.926 bits per heavy atom. The van der Waals surface area contributed by atoms with Gasteiger partial charge in [0.15, 0.2) is 0 Å². The number of rotatable bonds is 8. The largest absolute Gasteiger partial charge is 0.348 e. The monoisotopic (exact) mass is 388 g/mol. The molecule has 0 aromatic heterocycles. The van der Waals surface area contributed by atoms with E-state index < -0.39 is 10.0 Å². The first kappa shape index (κ1) is 21.1. The molecule has 0 radical (unpaired) electrons. The molecule has 0 spiro atoms. The lowest BCUT2D eigenvalue weighted by Gasteiger charge is -2.13. The van der Waals surface area contributed by atoms with Crippen molar-refractivity contribution >= 4 is 15.9 Å². The predicted molar refractivity (Wildman–Crippen MR) is 109 cm³/mol. The summed E-state index contributed by atoms with van der Waals surface area (Å²) in [5.74, 6) is 0.124. The van der Waals surface area contributed by atoms with Gasteiger partial charge in [-0.25, -0.2) is 13.1 Å². The minimum atomic E-state index is -3.42. The van der Waals surface area contributed by atoms with Crippen LogP contribution in [0.2, 0.25) is 0 Å². The summed E-state index contributed by atoms with van der Waals surface area (Å²) in [4.78, 5) is 12.4. The van der Waals surface area contributed by atoms with Gasteiger partial charge in [-0.1, -0.05) is 50.2 Å². The Hall–Kier alpha value is -2.18. The minimum absolute atomic E-state index is 0.111. The zero-order valence-corrected chi connectivity index (χ0v) is 17.1. The van der Waals surface area contributed by atoms with Gasteiger partial charge in [0.05, 0.1) is 5.75 Å². The third-order valence-electron chi connectivity index (χ3n) is 4.16. The van der Waals surface area contributed by atoms with Crippen molar-refractivity contribution in [1.82, 2.24) is 10.0 Å². The average molecular weight is 389 g/mol. The summed E-state index contributed by atoms with van der Waals surface area (Å²) in [7, 11) is -3.42. The highest BCUT2D eigenvalue weighted by Crippen LogP contribution is 2.15. The minimum Gasteiger partial charge on any atom is -0.348 e. The van der Waals surface area contributed by atoms with Crippen molar-refractivity contribution in [3.63, 3.8) is 0 Å². The van der Waals surface area contributed by atoms with Crippen LogP contribution in [0.3, 0.4) is 0 Å². The predicted octanol–water partition coefficient (Wildman–Crippen LogP) is 3.57. The van der Waals surface area contributed by atoms with E-state index in [0.717, 1.165) is 5.56 Å². The molecule has 0 saturated heterocycles. The Balaban J connectivity index is 2.06. The Morgan fingerprint density at radius 2 is 1.52 bits per heavy atom. The molecule has 2 N–H and O–H groups in total. The zero-order valence-electron chi connectivity index (χ0n) is 16.3. The van der Waals surface area contributed by atoms with E-state index in [-0.39, 0.29) is 24.2 Å². The fourth-order valence-electron chi connectivity index (χ4n) is 2.77. The van der Waals surface area contributed by atoms with Crippen LogP contribution in [-0.4, -0.2) is 20.4 Å². The van der Waals surface area contributed by atoms with Gasteiger partial charge in [-0.15, -0.1) is 0 Å². The number of carbonyl (C=O) groups excluding carboxylic acids is 1. The summed E-state index contributed by atoms with van der Waals surface area (Å²) in [5, 5.41) is 2.88. The lowest BCUT2D eigenvalue weighted by molar-refractivity contribution is 0.0951. The highest BCUT2D eigenvalue weighted by atomic mass is 32.2. The van der Waals surface area contributed by atoms with E-state index in [4.69, 9.17) is 0 Å². The molecule has 5 nitrogen and oxygen atoms in total. The first-order valence-corrected chi connectivity index (χ1v) is 10.8. The van der Waals surface area contributed by atoms with E-state index >= 15 is 0 Å². The van der Waals surface area contributed by atoms with Gasteiger partial charge in [-0.05, 0) is 48.6 Å². The van der Waals surface area contributed by atoms with Gasteiger partial charge in [0.1, 0.15) is 0 Å². The molecular formula is C21H28N2O3S. The van der Waals surface area contributed by atoms with Crippen LogP contribution in [0, 0.1) is 0 Å². The summed E-state index contributed by atoms with van der Waals surface area (Å²) in [5.41, 5.74) is 3.24. The zero-order chi connectivity index (χ0) is 20.0. The number of hydrogen-bond acceptors (Lipinski definition) is 3. The summed E-state index contributed by atoms with van der Waals surface area (Å²) in [6, 6.07) is 14.6. The summed E-state index contributed by atoms with van der Waals surface area (Å²) in [6.07, 6.45) is 0. The number of carbonyl (C=O) groups is 1. The molecule has 146 valence electrons. The second-order valence-electron chi connectivity index (χ2n) is 7.26. The quantitative estimate of drug-likeness (QED) is 0.726. The normalized spacial score (nSPS) is 11.8. The van der Waals surface area contributed by atoms with Gasteiger partial charge in [-0.2, -0.15) is 0 Å². The van der Waals surface area contributed by atoms with Crippen molar-refractivity contribution < 1.29 is 13.2 Å². The van der Waals surface area contributed by atoms with E-state index in [9.17, 15) is 13.2 Å². The summed E-state index contributed by atoms with van der Waals surface area (Å²) < 4.78 is 27.0. The van der Waals surface area contributed by atoms with Crippen LogP contribution < -0.4 is 10.0 Å². The molecule has 6 heteroatoms. The van der Waals surface area contributed by atoms with Crippen molar-refractivity contribution in [1.29, 1.82) is 0 Å². The third kappa shape index (κ3) is 6.48. The topological polar surface area (TPSA) is 75.3 Å². The van der Waals surface area contributed by atoms with Gasteiger partial charge in [0.2, 0.25) is 10.0 Å². The molecule has 27 heavy (non-hydrogen) atoms. The number of hydrogen-bond donors (Lipinski definition) is 2. The fourth-order valence-corrected chi connectivity index (χ4v) is 4.27. The molecule has 2 aromatic rings. The van der Waals surface area contributed by atoms with Crippen molar-refractivity contribution in [3.8, 4) is 0 Å². The van der Waals surface area contributed by atoms with Crippen LogP contribution in [-0.2, 0) is 22.3 Å². The van der Waals surface area contributed by atoms with Gasteiger partial charge >= 0.3 is 0 Å². The Morgan fingerprint density at radius 3 is 2.07 bits per heavy atom.